The molecule has 0 spiro atoms. The van der Waals surface area contributed by atoms with Crippen LogP contribution in [-0.4, -0.2) is 63.7 Å². The number of ether oxygens (including phenoxy) is 1. The van der Waals surface area contributed by atoms with Gasteiger partial charge in [0.2, 0.25) is 0 Å². The summed E-state index contributed by atoms with van der Waals surface area (Å²) in [4.78, 5) is 28.0. The van der Waals surface area contributed by atoms with Gasteiger partial charge in [0.05, 0.1) is 23.1 Å². The van der Waals surface area contributed by atoms with Crippen LogP contribution in [0, 0.1) is 0 Å². The molecule has 3 N–H and O–H groups in total. The quantitative estimate of drug-likeness (QED) is 0.630. The summed E-state index contributed by atoms with van der Waals surface area (Å²) in [5.74, 6) is 0.402. The molecule has 4 rings (SSSR count). The van der Waals surface area contributed by atoms with Crippen molar-refractivity contribution in [2.24, 2.45) is 5.16 Å². The molecule has 0 bridgehead atoms. The fraction of sp³-hybridized carbons (Fsp3) is 0.520. The van der Waals surface area contributed by atoms with E-state index in [4.69, 9.17) is 15.3 Å². The topological polar surface area (TPSA) is 126 Å². The lowest BCUT2D eigenvalue weighted by Crippen LogP contribution is -2.47. The molecule has 0 unspecified atom stereocenters. The van der Waals surface area contributed by atoms with E-state index in [1.54, 1.807) is 4.90 Å². The van der Waals surface area contributed by atoms with E-state index in [1.165, 1.54) is 18.5 Å². The second-order valence-electron chi connectivity index (χ2n) is 10.5. The molecule has 2 heterocycles. The van der Waals surface area contributed by atoms with Crippen LogP contribution in [0.1, 0.15) is 58.6 Å². The smallest absolute Gasteiger partial charge is 0.410 e. The van der Waals surface area contributed by atoms with Gasteiger partial charge < -0.3 is 20.2 Å². The maximum Gasteiger partial charge on any atom is 0.410 e. The van der Waals surface area contributed by atoms with Crippen molar-refractivity contribution in [3.63, 3.8) is 0 Å². The number of nitrogen functional groups attached to an aromatic ring is 1. The molecule has 1 amide bonds. The van der Waals surface area contributed by atoms with Crippen molar-refractivity contribution < 1.29 is 19.6 Å². The number of anilines is 2. The molecular formula is C25H34N6O4. The van der Waals surface area contributed by atoms with Crippen LogP contribution in [0.25, 0.3) is 11.3 Å². The number of fused-ring (bicyclic) bond motifs is 3. The first-order valence-corrected chi connectivity index (χ1v) is 11.8. The van der Waals surface area contributed by atoms with Gasteiger partial charge in [-0.1, -0.05) is 5.16 Å². The molecule has 0 atom stereocenters. The highest BCUT2D eigenvalue weighted by atomic mass is 16.6. The van der Waals surface area contributed by atoms with Crippen molar-refractivity contribution in [2.45, 2.75) is 64.5 Å². The number of carbonyl (C=O) groups is 1. The summed E-state index contributed by atoms with van der Waals surface area (Å²) in [6.07, 6.45) is 2.36. The largest absolute Gasteiger partial charge is 0.444 e. The van der Waals surface area contributed by atoms with Gasteiger partial charge in [-0.15, -0.1) is 0 Å². The minimum atomic E-state index is -0.610. The minimum Gasteiger partial charge on any atom is -0.444 e. The maximum atomic E-state index is 12.4. The normalized spacial score (nSPS) is 18.6. The van der Waals surface area contributed by atoms with Crippen LogP contribution in [0.4, 0.5) is 16.3 Å². The number of oxime groups is 1. The average Bonchev–Trinajstić information content (AvgIpc) is 2.79. The third-order valence-electron chi connectivity index (χ3n) is 6.52. The SMILES string of the molecule is CO/N=C1\c2cc(N(O)C3CCN(C(=O)OC(C)(C)C)CC3)ccc2-c2ncnc(N)c2C1(C)C. The zero-order valence-corrected chi connectivity index (χ0v) is 21.2. The summed E-state index contributed by atoms with van der Waals surface area (Å²) in [6, 6.07) is 5.52. The number of nitrogens with two attached hydrogens (primary N) is 1. The molecule has 1 aromatic carbocycles. The van der Waals surface area contributed by atoms with Crippen molar-refractivity contribution in [1.82, 2.24) is 14.9 Å². The summed E-state index contributed by atoms with van der Waals surface area (Å²) in [5, 5.41) is 16.7. The summed E-state index contributed by atoms with van der Waals surface area (Å²) in [7, 11) is 1.50. The molecule has 1 saturated heterocycles. The zero-order valence-electron chi connectivity index (χ0n) is 21.2. The van der Waals surface area contributed by atoms with Gasteiger partial charge in [0.25, 0.3) is 0 Å². The number of hydrogen-bond acceptors (Lipinski definition) is 9. The Morgan fingerprint density at radius 3 is 2.54 bits per heavy atom. The summed E-state index contributed by atoms with van der Waals surface area (Å²) in [6.45, 7) is 10.6. The molecule has 1 aliphatic carbocycles. The van der Waals surface area contributed by atoms with E-state index in [0.717, 1.165) is 22.4 Å². The van der Waals surface area contributed by atoms with Crippen molar-refractivity contribution in [2.75, 3.05) is 31.0 Å². The van der Waals surface area contributed by atoms with Gasteiger partial charge in [0, 0.05) is 35.2 Å². The Hall–Kier alpha value is -3.40. The van der Waals surface area contributed by atoms with Gasteiger partial charge >= 0.3 is 6.09 Å². The molecule has 2 aliphatic rings. The molecule has 10 nitrogen and oxygen atoms in total. The first-order chi connectivity index (χ1) is 16.4. The van der Waals surface area contributed by atoms with E-state index in [-0.39, 0.29) is 12.1 Å². The van der Waals surface area contributed by atoms with E-state index >= 15 is 0 Å². The lowest BCUT2D eigenvalue weighted by molar-refractivity contribution is 0.0181. The Labute approximate surface area is 205 Å². The van der Waals surface area contributed by atoms with Crippen LogP contribution < -0.4 is 10.8 Å². The molecule has 0 saturated carbocycles. The summed E-state index contributed by atoms with van der Waals surface area (Å²) >= 11 is 0. The van der Waals surface area contributed by atoms with Gasteiger partial charge in [0.1, 0.15) is 24.9 Å². The highest BCUT2D eigenvalue weighted by molar-refractivity contribution is 6.16. The highest BCUT2D eigenvalue weighted by Gasteiger charge is 2.41. The van der Waals surface area contributed by atoms with Gasteiger partial charge in [-0.25, -0.2) is 14.8 Å². The first kappa shape index (κ1) is 24.7. The van der Waals surface area contributed by atoms with E-state index in [9.17, 15) is 10.0 Å². The van der Waals surface area contributed by atoms with Crippen LogP contribution in [0.5, 0.6) is 0 Å². The maximum absolute atomic E-state index is 12.4. The molecule has 10 heteroatoms. The Morgan fingerprint density at radius 1 is 1.23 bits per heavy atom. The van der Waals surface area contributed by atoms with Crippen LogP contribution in [0.15, 0.2) is 29.7 Å². The predicted octanol–water partition coefficient (Wildman–Crippen LogP) is 3.96. The first-order valence-electron chi connectivity index (χ1n) is 11.8. The second-order valence-corrected chi connectivity index (χ2v) is 10.5. The lowest BCUT2D eigenvalue weighted by Gasteiger charge is -2.38. The number of nitrogens with zero attached hydrogens (tertiary/aromatic N) is 5. The Bertz CT molecular complexity index is 1150. The van der Waals surface area contributed by atoms with Crippen molar-refractivity contribution in [3.05, 3.63) is 35.7 Å². The lowest BCUT2D eigenvalue weighted by atomic mass is 9.70. The van der Waals surface area contributed by atoms with E-state index < -0.39 is 11.0 Å². The van der Waals surface area contributed by atoms with Gasteiger partial charge in [-0.05, 0) is 65.7 Å². The number of hydrogen-bond donors (Lipinski definition) is 2. The number of piperidine rings is 1. The van der Waals surface area contributed by atoms with Crippen molar-refractivity contribution in [1.29, 1.82) is 0 Å². The second kappa shape index (κ2) is 8.99. The number of aromatic nitrogens is 2. The monoisotopic (exact) mass is 482 g/mol. The molecule has 35 heavy (non-hydrogen) atoms. The van der Waals surface area contributed by atoms with E-state index in [2.05, 4.69) is 15.1 Å². The van der Waals surface area contributed by atoms with Gasteiger partial charge in [-0.3, -0.25) is 10.3 Å². The molecule has 1 fully saturated rings. The number of rotatable bonds is 3. The fourth-order valence-electron chi connectivity index (χ4n) is 4.84. The minimum absolute atomic E-state index is 0.142. The summed E-state index contributed by atoms with van der Waals surface area (Å²) < 4.78 is 5.48. The van der Waals surface area contributed by atoms with Crippen molar-refractivity contribution in [3.8, 4) is 11.3 Å². The highest BCUT2D eigenvalue weighted by Crippen LogP contribution is 2.45. The summed E-state index contributed by atoms with van der Waals surface area (Å²) in [5.41, 5.74) is 9.60. The fourth-order valence-corrected chi connectivity index (χ4v) is 4.84. The standard InChI is InChI=1S/C25H34N6O4/c1-24(2,3)35-23(32)30-11-9-15(10-12-30)31(33)16-7-8-17-18(13-16)21(29-34-6)25(4,5)19-20(17)27-14-28-22(19)26/h7-8,13-15,33H,9-12H2,1-6H3,(H2,26,27,28)/b29-21+. The molecular weight excluding hydrogens is 448 g/mol. The molecule has 188 valence electrons. The number of benzene rings is 1. The third-order valence-corrected chi connectivity index (χ3v) is 6.52. The van der Waals surface area contributed by atoms with Crippen molar-refractivity contribution >= 4 is 23.3 Å². The van der Waals surface area contributed by atoms with Crippen LogP contribution in [0.2, 0.25) is 0 Å². The third kappa shape index (κ3) is 4.62. The number of hydroxylamine groups is 1. The molecule has 1 aliphatic heterocycles. The van der Waals surface area contributed by atoms with Crippen LogP contribution in [-0.2, 0) is 15.0 Å². The Balaban J connectivity index is 1.61. The van der Waals surface area contributed by atoms with E-state index in [1.807, 2.05) is 52.8 Å². The van der Waals surface area contributed by atoms with Gasteiger partial charge in [-0.2, -0.15) is 0 Å². The molecule has 0 radical (unpaired) electrons. The predicted molar refractivity (Wildman–Crippen MR) is 134 cm³/mol. The average molecular weight is 483 g/mol. The van der Waals surface area contributed by atoms with Crippen LogP contribution >= 0.6 is 0 Å². The van der Waals surface area contributed by atoms with Gasteiger partial charge in [0.15, 0.2) is 0 Å². The Morgan fingerprint density at radius 2 is 1.91 bits per heavy atom. The number of carbonyl (C=O) groups excluding carboxylic acids is 1. The van der Waals surface area contributed by atoms with Crippen LogP contribution in [0.3, 0.4) is 0 Å². The zero-order chi connectivity index (χ0) is 25.5. The number of likely N-dealkylation sites (tertiary alicyclic amines) is 1. The Kier molecular flexibility index (Phi) is 6.35. The van der Waals surface area contributed by atoms with E-state index in [0.29, 0.717) is 43.1 Å². The number of amides is 1. The molecule has 2 aromatic rings. The molecule has 1 aromatic heterocycles.